The van der Waals surface area contributed by atoms with Crippen molar-refractivity contribution in [3.8, 4) is 0 Å². The zero-order valence-electron chi connectivity index (χ0n) is 12.5. The minimum Gasteiger partial charge on any atom is -0.384 e. The third-order valence-corrected chi connectivity index (χ3v) is 4.77. The smallest absolute Gasteiger partial charge is 0.0613 e. The Balaban J connectivity index is 1.75. The van der Waals surface area contributed by atoms with Gasteiger partial charge in [-0.3, -0.25) is 0 Å². The van der Waals surface area contributed by atoms with Gasteiger partial charge in [0.15, 0.2) is 0 Å². The first kappa shape index (κ1) is 15.2. The molecular weight excluding hydrogens is 240 g/mol. The fourth-order valence-corrected chi connectivity index (χ4v) is 3.54. The molecule has 0 aliphatic carbocycles. The van der Waals surface area contributed by atoms with Crippen molar-refractivity contribution in [3.63, 3.8) is 0 Å². The van der Waals surface area contributed by atoms with Crippen molar-refractivity contribution >= 4 is 0 Å². The third kappa shape index (κ3) is 4.15. The van der Waals surface area contributed by atoms with E-state index in [0.717, 1.165) is 45.8 Å². The van der Waals surface area contributed by atoms with Gasteiger partial charge >= 0.3 is 0 Å². The predicted molar refractivity (Wildman–Crippen MR) is 77.4 cm³/mol. The van der Waals surface area contributed by atoms with Gasteiger partial charge in [0.1, 0.15) is 0 Å². The van der Waals surface area contributed by atoms with Crippen LogP contribution in [0.1, 0.15) is 32.6 Å². The molecule has 0 amide bonds. The van der Waals surface area contributed by atoms with Crippen molar-refractivity contribution in [2.24, 2.45) is 11.3 Å². The Hall–Kier alpha value is -0.160. The maximum absolute atomic E-state index is 5.76. The molecule has 0 radical (unpaired) electrons. The van der Waals surface area contributed by atoms with Gasteiger partial charge in [0, 0.05) is 32.2 Å². The van der Waals surface area contributed by atoms with E-state index in [1.165, 1.54) is 19.3 Å². The van der Waals surface area contributed by atoms with Gasteiger partial charge in [-0.15, -0.1) is 0 Å². The van der Waals surface area contributed by atoms with E-state index >= 15 is 0 Å². The van der Waals surface area contributed by atoms with E-state index in [1.807, 2.05) is 7.11 Å². The van der Waals surface area contributed by atoms with Gasteiger partial charge in [-0.2, -0.15) is 0 Å². The van der Waals surface area contributed by atoms with E-state index < -0.39 is 0 Å². The van der Waals surface area contributed by atoms with Crippen LogP contribution in [0.4, 0.5) is 0 Å². The van der Waals surface area contributed by atoms with E-state index in [4.69, 9.17) is 9.47 Å². The average molecular weight is 270 g/mol. The van der Waals surface area contributed by atoms with Crippen LogP contribution < -0.4 is 10.6 Å². The summed E-state index contributed by atoms with van der Waals surface area (Å²) in [6.07, 6.45) is 5.25. The number of ether oxygens (including phenoxy) is 2. The van der Waals surface area contributed by atoms with Crippen LogP contribution >= 0.6 is 0 Å². The average Bonchev–Trinajstić information content (AvgIpc) is 2.88. The lowest BCUT2D eigenvalue weighted by Gasteiger charge is -2.37. The van der Waals surface area contributed by atoms with Crippen LogP contribution in [-0.2, 0) is 9.47 Å². The molecule has 2 N–H and O–H groups in total. The molecule has 0 saturated carbocycles. The summed E-state index contributed by atoms with van der Waals surface area (Å²) in [6.45, 7) is 8.46. The zero-order chi connectivity index (χ0) is 13.6. The minimum absolute atomic E-state index is 0.334. The Morgan fingerprint density at radius 1 is 1.37 bits per heavy atom. The molecule has 112 valence electrons. The second-order valence-electron chi connectivity index (χ2n) is 6.18. The summed E-state index contributed by atoms with van der Waals surface area (Å²) in [7, 11) is 1.82. The summed E-state index contributed by atoms with van der Waals surface area (Å²) in [5, 5.41) is 7.14. The standard InChI is InChI=1S/C15H30N2O2/c1-3-14-13(4-9-19-14)10-17-11-15(12-18-2)5-7-16-8-6-15/h13-14,16-17H,3-12H2,1-2H3. The lowest BCUT2D eigenvalue weighted by molar-refractivity contribution is 0.0504. The first-order chi connectivity index (χ1) is 9.29. The van der Waals surface area contributed by atoms with Crippen LogP contribution in [0, 0.1) is 11.3 Å². The van der Waals surface area contributed by atoms with E-state index in [2.05, 4.69) is 17.6 Å². The first-order valence-electron chi connectivity index (χ1n) is 7.81. The summed E-state index contributed by atoms with van der Waals surface area (Å²) in [5.41, 5.74) is 0.334. The summed E-state index contributed by atoms with van der Waals surface area (Å²) in [6, 6.07) is 0. The molecule has 0 bridgehead atoms. The van der Waals surface area contributed by atoms with Crippen LogP contribution in [0.2, 0.25) is 0 Å². The van der Waals surface area contributed by atoms with Crippen LogP contribution in [0.25, 0.3) is 0 Å². The molecule has 2 unspecified atom stereocenters. The summed E-state index contributed by atoms with van der Waals surface area (Å²) in [4.78, 5) is 0. The number of methoxy groups -OCH3 is 1. The maximum Gasteiger partial charge on any atom is 0.0613 e. The molecule has 2 aliphatic heterocycles. The van der Waals surface area contributed by atoms with Crippen LogP contribution in [0.5, 0.6) is 0 Å². The lowest BCUT2D eigenvalue weighted by Crippen LogP contribution is -2.47. The largest absolute Gasteiger partial charge is 0.384 e. The van der Waals surface area contributed by atoms with Crippen LogP contribution in [0.15, 0.2) is 0 Å². The third-order valence-electron chi connectivity index (χ3n) is 4.77. The van der Waals surface area contributed by atoms with E-state index in [1.54, 1.807) is 0 Å². The van der Waals surface area contributed by atoms with Crippen molar-refractivity contribution < 1.29 is 9.47 Å². The van der Waals surface area contributed by atoms with Crippen molar-refractivity contribution in [2.75, 3.05) is 46.5 Å². The Labute approximate surface area is 117 Å². The van der Waals surface area contributed by atoms with Gasteiger partial charge in [0.2, 0.25) is 0 Å². The van der Waals surface area contributed by atoms with Gasteiger partial charge in [0.05, 0.1) is 12.7 Å². The molecule has 0 aromatic rings. The number of piperidine rings is 1. The number of rotatable bonds is 7. The molecule has 2 rings (SSSR count). The van der Waals surface area contributed by atoms with Crippen molar-refractivity contribution in [2.45, 2.75) is 38.7 Å². The van der Waals surface area contributed by atoms with Crippen LogP contribution in [-0.4, -0.2) is 52.6 Å². The van der Waals surface area contributed by atoms with Gasteiger partial charge in [0.25, 0.3) is 0 Å². The Morgan fingerprint density at radius 3 is 2.84 bits per heavy atom. The van der Waals surface area contributed by atoms with Crippen molar-refractivity contribution in [1.29, 1.82) is 0 Å². The van der Waals surface area contributed by atoms with Gasteiger partial charge in [-0.1, -0.05) is 6.92 Å². The van der Waals surface area contributed by atoms with Gasteiger partial charge < -0.3 is 20.1 Å². The molecule has 2 atom stereocenters. The van der Waals surface area contributed by atoms with Crippen molar-refractivity contribution in [3.05, 3.63) is 0 Å². The quantitative estimate of drug-likeness (QED) is 0.734. The zero-order valence-corrected chi connectivity index (χ0v) is 12.5. The minimum atomic E-state index is 0.334. The topological polar surface area (TPSA) is 42.5 Å². The molecule has 0 aromatic carbocycles. The predicted octanol–water partition coefficient (Wildman–Crippen LogP) is 1.41. The maximum atomic E-state index is 5.76. The fourth-order valence-electron chi connectivity index (χ4n) is 3.54. The number of nitrogens with one attached hydrogen (secondary N) is 2. The van der Waals surface area contributed by atoms with E-state index in [9.17, 15) is 0 Å². The monoisotopic (exact) mass is 270 g/mol. The molecule has 2 saturated heterocycles. The first-order valence-corrected chi connectivity index (χ1v) is 7.81. The molecule has 4 nitrogen and oxygen atoms in total. The van der Waals surface area contributed by atoms with Crippen LogP contribution in [0.3, 0.4) is 0 Å². The summed E-state index contributed by atoms with van der Waals surface area (Å²) < 4.78 is 11.2. The highest BCUT2D eigenvalue weighted by Crippen LogP contribution is 2.29. The molecule has 0 aromatic heterocycles. The number of hydrogen-bond donors (Lipinski definition) is 2. The molecule has 2 aliphatic rings. The number of hydrogen-bond acceptors (Lipinski definition) is 4. The van der Waals surface area contributed by atoms with E-state index in [0.29, 0.717) is 17.4 Å². The Bertz CT molecular complexity index is 249. The molecule has 2 fully saturated rings. The lowest BCUT2D eigenvalue weighted by atomic mass is 9.79. The molecule has 0 spiro atoms. The Kier molecular flexibility index (Phi) is 6.07. The highest BCUT2D eigenvalue weighted by molar-refractivity contribution is 4.87. The Morgan fingerprint density at radius 2 is 2.16 bits per heavy atom. The SMILES string of the molecule is CCC1OCCC1CNCC1(COC)CCNCC1. The van der Waals surface area contributed by atoms with E-state index in [-0.39, 0.29) is 0 Å². The normalized spacial score (nSPS) is 30.6. The summed E-state index contributed by atoms with van der Waals surface area (Å²) in [5.74, 6) is 0.700. The molecule has 4 heteroatoms. The summed E-state index contributed by atoms with van der Waals surface area (Å²) >= 11 is 0. The fraction of sp³-hybridized carbons (Fsp3) is 1.00. The van der Waals surface area contributed by atoms with Gasteiger partial charge in [-0.05, 0) is 44.7 Å². The van der Waals surface area contributed by atoms with Crippen molar-refractivity contribution in [1.82, 2.24) is 10.6 Å². The molecule has 2 heterocycles. The van der Waals surface area contributed by atoms with Gasteiger partial charge in [-0.25, -0.2) is 0 Å². The highest BCUT2D eigenvalue weighted by Gasteiger charge is 2.33. The second-order valence-corrected chi connectivity index (χ2v) is 6.18. The molecular formula is C15H30N2O2. The molecule has 19 heavy (non-hydrogen) atoms. The highest BCUT2D eigenvalue weighted by atomic mass is 16.5. The second kappa shape index (κ2) is 7.58.